The number of aliphatic hydroxyl groups excluding tert-OH is 3. The molecule has 0 aliphatic carbocycles. The first-order valence-corrected chi connectivity index (χ1v) is 23.8. The molecule has 342 valence electrons. The Morgan fingerprint density at radius 2 is 1.10 bits per heavy atom. The molecule has 6 unspecified atom stereocenters. The predicted octanol–water partition coefficient (Wildman–Crippen LogP) is 8.89. The Kier molecular flexibility index (Phi) is 33.3. The van der Waals surface area contributed by atoms with Crippen molar-refractivity contribution in [2.75, 3.05) is 19.0 Å². The molecule has 60 heavy (non-hydrogen) atoms. The molecular weight excluding hydrogens is 789 g/mol. The van der Waals surface area contributed by atoms with Gasteiger partial charge in [0, 0.05) is 6.42 Å². The van der Waals surface area contributed by atoms with Gasteiger partial charge in [0.2, 0.25) is 0 Å². The van der Waals surface area contributed by atoms with Crippen LogP contribution in [-0.4, -0.2) is 96.0 Å². The van der Waals surface area contributed by atoms with E-state index >= 15 is 0 Å². The van der Waals surface area contributed by atoms with Crippen molar-refractivity contribution in [1.82, 2.24) is 0 Å². The Bertz CT molecular complexity index is 1430. The van der Waals surface area contributed by atoms with E-state index in [-0.39, 0.29) is 19.4 Å². The van der Waals surface area contributed by atoms with Crippen LogP contribution in [0.25, 0.3) is 0 Å². The molecule has 1 saturated heterocycles. The lowest BCUT2D eigenvalue weighted by Gasteiger charge is -2.40. The summed E-state index contributed by atoms with van der Waals surface area (Å²) in [5.74, 6) is -2.17. The summed E-state index contributed by atoms with van der Waals surface area (Å²) in [5.41, 5.74) is 0. The van der Waals surface area contributed by atoms with Gasteiger partial charge in [-0.25, -0.2) is 0 Å². The van der Waals surface area contributed by atoms with Gasteiger partial charge in [0.15, 0.2) is 12.4 Å². The van der Waals surface area contributed by atoms with E-state index in [0.717, 1.165) is 64.2 Å². The summed E-state index contributed by atoms with van der Waals surface area (Å²) in [6.07, 6.45) is 38.0. The Balaban J connectivity index is 2.52. The summed E-state index contributed by atoms with van der Waals surface area (Å²) in [5, 5.41) is 30.8. The molecule has 1 fully saturated rings. The third kappa shape index (κ3) is 30.8. The smallest absolute Gasteiger partial charge is 0.310 e. The van der Waals surface area contributed by atoms with Crippen molar-refractivity contribution < 1.29 is 56.8 Å². The summed E-state index contributed by atoms with van der Waals surface area (Å²) in [6, 6.07) is 0. The molecule has 0 amide bonds. The van der Waals surface area contributed by atoms with Gasteiger partial charge in [-0.15, -0.1) is 0 Å². The number of hydrogen-bond donors (Lipinski definition) is 4. The molecule has 6 atom stereocenters. The number of carbonyl (C=O) groups excluding carboxylic acids is 2. The van der Waals surface area contributed by atoms with Crippen LogP contribution in [0.5, 0.6) is 0 Å². The zero-order chi connectivity index (χ0) is 44.1. The SMILES string of the molecule is CC/C=C\C/C=C\C/C=C\C/C=C\C/C=C\CC(=O)OC(COC(=O)CCCCCCCCC/C=C\C/C=C\CCCCC)COC1OC(CS(=O)(=O)O)C(O)C(O)C1O. The highest BCUT2D eigenvalue weighted by atomic mass is 32.2. The van der Waals surface area contributed by atoms with Crippen LogP contribution in [0.2, 0.25) is 0 Å². The van der Waals surface area contributed by atoms with Crippen molar-refractivity contribution in [2.24, 2.45) is 0 Å². The van der Waals surface area contributed by atoms with Crippen molar-refractivity contribution in [2.45, 2.75) is 179 Å². The van der Waals surface area contributed by atoms with Gasteiger partial charge in [0.25, 0.3) is 10.1 Å². The molecule has 0 saturated carbocycles. The van der Waals surface area contributed by atoms with E-state index in [0.29, 0.717) is 12.8 Å². The van der Waals surface area contributed by atoms with Crippen molar-refractivity contribution in [3.8, 4) is 0 Å². The van der Waals surface area contributed by atoms with Crippen LogP contribution >= 0.6 is 0 Å². The lowest BCUT2D eigenvalue weighted by atomic mass is 10.00. The van der Waals surface area contributed by atoms with E-state index < -0.39 is 71.2 Å². The lowest BCUT2D eigenvalue weighted by Crippen LogP contribution is -2.60. The first kappa shape index (κ1) is 54.8. The number of unbranched alkanes of at least 4 members (excludes halogenated alkanes) is 10. The molecule has 13 heteroatoms. The van der Waals surface area contributed by atoms with Crippen LogP contribution in [-0.2, 0) is 38.7 Å². The lowest BCUT2D eigenvalue weighted by molar-refractivity contribution is -0.297. The van der Waals surface area contributed by atoms with Crippen molar-refractivity contribution in [3.05, 3.63) is 85.1 Å². The third-order valence-corrected chi connectivity index (χ3v) is 10.2. The average molecular weight is 865 g/mol. The maximum atomic E-state index is 12.7. The van der Waals surface area contributed by atoms with Crippen molar-refractivity contribution in [1.29, 1.82) is 0 Å². The predicted molar refractivity (Wildman–Crippen MR) is 238 cm³/mol. The zero-order valence-corrected chi connectivity index (χ0v) is 37.1. The first-order chi connectivity index (χ1) is 29.0. The van der Waals surface area contributed by atoms with Gasteiger partial charge in [-0.1, -0.05) is 144 Å². The molecule has 1 heterocycles. The van der Waals surface area contributed by atoms with E-state index in [4.69, 9.17) is 18.9 Å². The number of hydrogen-bond acceptors (Lipinski definition) is 11. The highest BCUT2D eigenvalue weighted by Gasteiger charge is 2.46. The molecule has 0 aromatic carbocycles. The second-order valence-electron chi connectivity index (χ2n) is 15.0. The van der Waals surface area contributed by atoms with E-state index in [2.05, 4.69) is 74.6 Å². The number of aliphatic hydroxyl groups is 3. The quantitative estimate of drug-likeness (QED) is 0.0206. The highest BCUT2D eigenvalue weighted by molar-refractivity contribution is 7.85. The Morgan fingerprint density at radius 1 is 0.600 bits per heavy atom. The fraction of sp³-hybridized carbons (Fsp3) is 0.660. The number of carbonyl (C=O) groups is 2. The monoisotopic (exact) mass is 865 g/mol. The highest BCUT2D eigenvalue weighted by Crippen LogP contribution is 2.24. The summed E-state index contributed by atoms with van der Waals surface area (Å²) in [7, 11) is -4.62. The minimum absolute atomic E-state index is 0.0740. The van der Waals surface area contributed by atoms with E-state index in [1.807, 2.05) is 18.2 Å². The van der Waals surface area contributed by atoms with Gasteiger partial charge in [-0.2, -0.15) is 8.42 Å². The number of allylic oxidation sites excluding steroid dienone is 13. The fourth-order valence-electron chi connectivity index (χ4n) is 6.07. The molecule has 0 spiro atoms. The average Bonchev–Trinajstić information content (AvgIpc) is 3.21. The third-order valence-electron chi connectivity index (χ3n) is 9.49. The summed E-state index contributed by atoms with van der Waals surface area (Å²) < 4.78 is 53.9. The van der Waals surface area contributed by atoms with Crippen molar-refractivity contribution >= 4 is 22.1 Å². The number of rotatable bonds is 35. The molecule has 0 aromatic rings. The Hall–Kier alpha value is -3.17. The summed E-state index contributed by atoms with van der Waals surface area (Å²) in [4.78, 5) is 25.3. The summed E-state index contributed by atoms with van der Waals surface area (Å²) in [6.45, 7) is 3.51. The van der Waals surface area contributed by atoms with Crippen LogP contribution in [0, 0.1) is 0 Å². The van der Waals surface area contributed by atoms with Crippen molar-refractivity contribution in [3.63, 3.8) is 0 Å². The van der Waals surface area contributed by atoms with Gasteiger partial charge >= 0.3 is 11.9 Å². The molecular formula is C47H76O12S. The van der Waals surface area contributed by atoms with Crippen LogP contribution in [0.1, 0.15) is 142 Å². The molecule has 12 nitrogen and oxygen atoms in total. The number of ether oxygens (including phenoxy) is 4. The van der Waals surface area contributed by atoms with E-state index in [1.54, 1.807) is 6.08 Å². The van der Waals surface area contributed by atoms with Gasteiger partial charge in [0.05, 0.1) is 13.0 Å². The van der Waals surface area contributed by atoms with Crippen LogP contribution in [0.4, 0.5) is 0 Å². The van der Waals surface area contributed by atoms with E-state index in [9.17, 15) is 37.9 Å². The summed E-state index contributed by atoms with van der Waals surface area (Å²) >= 11 is 0. The first-order valence-electron chi connectivity index (χ1n) is 22.1. The van der Waals surface area contributed by atoms with Crippen LogP contribution in [0.15, 0.2) is 85.1 Å². The zero-order valence-electron chi connectivity index (χ0n) is 36.3. The van der Waals surface area contributed by atoms with E-state index in [1.165, 1.54) is 38.5 Å². The second-order valence-corrected chi connectivity index (χ2v) is 16.5. The molecule has 0 aromatic heterocycles. The molecule has 0 radical (unpaired) electrons. The van der Waals surface area contributed by atoms with Crippen LogP contribution in [0.3, 0.4) is 0 Å². The molecule has 1 aliphatic rings. The maximum absolute atomic E-state index is 12.7. The number of esters is 2. The largest absolute Gasteiger partial charge is 0.462 e. The van der Waals surface area contributed by atoms with Gasteiger partial charge in [0.1, 0.15) is 36.8 Å². The van der Waals surface area contributed by atoms with Gasteiger partial charge in [-0.3, -0.25) is 14.1 Å². The minimum Gasteiger partial charge on any atom is -0.462 e. The molecule has 1 rings (SSSR count). The molecule has 0 bridgehead atoms. The Morgan fingerprint density at radius 3 is 1.65 bits per heavy atom. The van der Waals surface area contributed by atoms with Gasteiger partial charge in [-0.05, 0) is 70.6 Å². The Labute approximate surface area is 360 Å². The molecule has 1 aliphatic heterocycles. The van der Waals surface area contributed by atoms with Crippen LogP contribution < -0.4 is 0 Å². The fourth-order valence-corrected chi connectivity index (χ4v) is 6.77. The maximum Gasteiger partial charge on any atom is 0.310 e. The second kappa shape index (κ2) is 36.5. The van der Waals surface area contributed by atoms with Gasteiger partial charge < -0.3 is 34.3 Å². The minimum atomic E-state index is -4.62. The topological polar surface area (TPSA) is 186 Å². The normalized spacial score (nSPS) is 20.9. The standard InChI is InChI=1S/C47H76O12S/c1-3-5-7-9-11-13-15-17-19-20-22-23-25-27-29-31-33-35-42(48)56-37-40(38-57-47-46(52)45(51)44(50)41(59-47)39-60(53,54)55)58-43(49)36-34-32-30-28-26-24-21-18-16-14-12-10-8-6-4-2/h6,8,11-14,17-19,21,26,28,32,34,40-41,44-47,50-52H,3-5,7,9-10,15-16,20,22-25,27,29-31,33,35-39H2,1-2H3,(H,53,54,55)/b8-6-,13-11-,14-12-,19-17-,21-18-,28-26-,34-32-. The molecule has 4 N–H and O–H groups in total.